The first-order chi connectivity index (χ1) is 23.1. The zero-order valence-corrected chi connectivity index (χ0v) is 30.0. The maximum absolute atomic E-state index is 13.5. The van der Waals surface area contributed by atoms with Gasteiger partial charge in [-0.15, -0.1) is 0 Å². The van der Waals surface area contributed by atoms with Crippen molar-refractivity contribution in [3.05, 3.63) is 162 Å². The Bertz CT molecular complexity index is 1710. The average Bonchev–Trinajstić information content (AvgIpc) is 3.12. The molecule has 2 amide bonds. The summed E-state index contributed by atoms with van der Waals surface area (Å²) < 4.78 is 9.96. The van der Waals surface area contributed by atoms with Gasteiger partial charge in [-0.25, -0.2) is 0 Å². The van der Waals surface area contributed by atoms with Gasteiger partial charge in [-0.3, -0.25) is 4.79 Å². The van der Waals surface area contributed by atoms with Gasteiger partial charge in [-0.1, -0.05) is 18.2 Å². The van der Waals surface area contributed by atoms with E-state index in [9.17, 15) is 14.4 Å². The maximum atomic E-state index is 13.5. The van der Waals surface area contributed by atoms with E-state index >= 15 is 0 Å². The van der Waals surface area contributed by atoms with Gasteiger partial charge in [0.1, 0.15) is 0 Å². The van der Waals surface area contributed by atoms with Crippen molar-refractivity contribution in [1.82, 2.24) is 10.4 Å². The van der Waals surface area contributed by atoms with Crippen LogP contribution in [0.1, 0.15) is 58.8 Å². The zero-order chi connectivity index (χ0) is 34.1. The van der Waals surface area contributed by atoms with Crippen LogP contribution in [0.4, 0.5) is 0 Å². The van der Waals surface area contributed by atoms with Crippen LogP contribution in [-0.4, -0.2) is 48.2 Å². The number of carbonyl (C=O) groups is 3. The molecule has 5 aromatic rings. The summed E-state index contributed by atoms with van der Waals surface area (Å²) in [5, 5.41) is 2.22. The van der Waals surface area contributed by atoms with Crippen molar-refractivity contribution in [2.24, 2.45) is 5.92 Å². The molecule has 0 saturated carbocycles. The molecule has 1 atom stereocenters. The van der Waals surface area contributed by atoms with Gasteiger partial charge in [0.05, 0.1) is 0 Å². The van der Waals surface area contributed by atoms with Gasteiger partial charge in [0.15, 0.2) is 0 Å². The number of rotatable bonds is 10. The number of carbonyl (C=O) groups excluding carboxylic acids is 3. The molecule has 0 aliphatic rings. The SMILES string of the molecule is CC(COC(=O)c1ccc(C(=O)N(NC(=O)c2ccccc2)C(C)(C)C)cc1)[CH2][Ge]([c]1ccccc1)([c]1ccccc1)[c]1ccccc1. The van der Waals surface area contributed by atoms with Gasteiger partial charge in [-0.05, 0) is 32.9 Å². The van der Waals surface area contributed by atoms with E-state index in [-0.39, 0.29) is 24.3 Å². The number of hydrogen-bond donors (Lipinski definition) is 1. The van der Waals surface area contributed by atoms with Crippen LogP contribution in [0.15, 0.2) is 146 Å². The Balaban J connectivity index is 1.30. The van der Waals surface area contributed by atoms with Crippen LogP contribution in [-0.2, 0) is 4.74 Å². The number of amides is 2. The minimum absolute atomic E-state index is 0.0870. The second kappa shape index (κ2) is 15.3. The summed E-state index contributed by atoms with van der Waals surface area (Å²) in [7, 11) is 0. The Morgan fingerprint density at radius 3 is 1.48 bits per heavy atom. The number of benzene rings is 5. The Kier molecular flexibility index (Phi) is 11.0. The van der Waals surface area contributed by atoms with Gasteiger partial charge in [-0.2, -0.15) is 0 Å². The predicted octanol–water partition coefficient (Wildman–Crippen LogP) is 6.24. The third-order valence-electron chi connectivity index (χ3n) is 8.44. The van der Waals surface area contributed by atoms with Crippen molar-refractivity contribution in [2.75, 3.05) is 6.61 Å². The molecule has 0 aromatic heterocycles. The summed E-state index contributed by atoms with van der Waals surface area (Å²) in [4.78, 5) is 39.7. The zero-order valence-electron chi connectivity index (χ0n) is 27.9. The van der Waals surface area contributed by atoms with Crippen molar-refractivity contribution in [3.63, 3.8) is 0 Å². The molecule has 5 rings (SSSR count). The summed E-state index contributed by atoms with van der Waals surface area (Å²) in [6.45, 7) is 7.94. The molecule has 0 aliphatic heterocycles. The molecular weight excluding hydrogens is 657 g/mol. The van der Waals surface area contributed by atoms with E-state index in [1.807, 2.05) is 26.8 Å². The van der Waals surface area contributed by atoms with E-state index in [2.05, 4.69) is 103 Å². The second-order valence-electron chi connectivity index (χ2n) is 13.1. The Morgan fingerprint density at radius 1 is 0.625 bits per heavy atom. The summed E-state index contributed by atoms with van der Waals surface area (Å²) in [6, 6.07) is 47.4. The molecule has 244 valence electrons. The number of hydrazine groups is 1. The minimum atomic E-state index is -3.19. The standard InChI is InChI=1S/C41H42GeN2O4/c1-31(29-42(35-19-11-6-12-20-35,36-21-13-7-14-22-36)37-23-15-8-16-24-37)30-48-40(47)34-27-25-33(26-28-34)39(46)44(41(2,3)4)43-38(45)32-17-9-5-10-18-32/h5-28,31H,29-30H2,1-4H3,(H,43,45). The van der Waals surface area contributed by atoms with Crippen LogP contribution in [0.5, 0.6) is 0 Å². The second-order valence-corrected chi connectivity index (χ2v) is 21.4. The first-order valence-electron chi connectivity index (χ1n) is 16.2. The molecule has 0 aliphatic carbocycles. The van der Waals surface area contributed by atoms with Crippen molar-refractivity contribution in [1.29, 1.82) is 0 Å². The van der Waals surface area contributed by atoms with E-state index in [4.69, 9.17) is 4.74 Å². The third-order valence-corrected chi connectivity index (χ3v) is 19.5. The first kappa shape index (κ1) is 34.4. The molecule has 7 heteroatoms. The van der Waals surface area contributed by atoms with Crippen molar-refractivity contribution >= 4 is 44.2 Å². The number of hydrogen-bond acceptors (Lipinski definition) is 4. The van der Waals surface area contributed by atoms with E-state index in [1.54, 1.807) is 48.5 Å². The predicted molar refractivity (Wildman–Crippen MR) is 195 cm³/mol. The molecule has 1 N–H and O–H groups in total. The number of esters is 1. The van der Waals surface area contributed by atoms with Crippen molar-refractivity contribution in [2.45, 2.75) is 38.5 Å². The van der Waals surface area contributed by atoms with Crippen LogP contribution in [0.2, 0.25) is 5.25 Å². The summed E-state index contributed by atoms with van der Waals surface area (Å²) >= 11 is -3.19. The fraction of sp³-hybridized carbons (Fsp3) is 0.195. The van der Waals surface area contributed by atoms with Gasteiger partial charge in [0.2, 0.25) is 0 Å². The Labute approximate surface area is 286 Å². The summed E-state index contributed by atoms with van der Waals surface area (Å²) in [5.74, 6) is -1.12. The van der Waals surface area contributed by atoms with Crippen LogP contribution >= 0.6 is 0 Å². The molecule has 6 nitrogen and oxygen atoms in total. The van der Waals surface area contributed by atoms with Gasteiger partial charge in [0, 0.05) is 5.56 Å². The summed E-state index contributed by atoms with van der Waals surface area (Å²) in [6.07, 6.45) is 0. The topological polar surface area (TPSA) is 75.7 Å². The van der Waals surface area contributed by atoms with Crippen molar-refractivity contribution < 1.29 is 19.1 Å². The molecule has 0 radical (unpaired) electrons. The molecule has 0 saturated heterocycles. The quantitative estimate of drug-likeness (QED) is 0.107. The normalized spacial score (nSPS) is 12.1. The number of nitrogens with one attached hydrogen (secondary N) is 1. The van der Waals surface area contributed by atoms with Gasteiger partial charge in [0.25, 0.3) is 5.91 Å². The van der Waals surface area contributed by atoms with E-state index < -0.39 is 24.8 Å². The third kappa shape index (κ3) is 7.94. The Morgan fingerprint density at radius 2 is 1.04 bits per heavy atom. The van der Waals surface area contributed by atoms with Crippen LogP contribution in [0.25, 0.3) is 0 Å². The van der Waals surface area contributed by atoms with Crippen LogP contribution in [0, 0.1) is 5.92 Å². The van der Waals surface area contributed by atoms with Crippen molar-refractivity contribution in [3.8, 4) is 0 Å². The fourth-order valence-corrected chi connectivity index (χ4v) is 16.9. The molecular formula is C41H42GeN2O4. The molecule has 0 fully saturated rings. The average molecular weight is 699 g/mol. The fourth-order valence-electron chi connectivity index (χ4n) is 6.06. The monoisotopic (exact) mass is 700 g/mol. The van der Waals surface area contributed by atoms with E-state index in [0.29, 0.717) is 16.7 Å². The molecule has 48 heavy (non-hydrogen) atoms. The molecule has 0 heterocycles. The first-order valence-corrected chi connectivity index (χ1v) is 20.9. The van der Waals surface area contributed by atoms with Crippen LogP contribution < -0.4 is 18.6 Å². The van der Waals surface area contributed by atoms with E-state index in [1.165, 1.54) is 18.2 Å². The van der Waals surface area contributed by atoms with Gasteiger partial charge >= 0.3 is 220 Å². The van der Waals surface area contributed by atoms with E-state index in [0.717, 1.165) is 5.25 Å². The molecule has 5 aromatic carbocycles. The number of nitrogens with zero attached hydrogens (tertiary/aromatic N) is 1. The number of ether oxygens (including phenoxy) is 1. The molecule has 0 bridgehead atoms. The Hall–Kier alpha value is -4.95. The summed E-state index contributed by atoms with van der Waals surface area (Å²) in [5.41, 5.74) is 3.20. The van der Waals surface area contributed by atoms with Crippen LogP contribution in [0.3, 0.4) is 0 Å². The molecule has 1 unspecified atom stereocenters. The molecule has 0 spiro atoms. The van der Waals surface area contributed by atoms with Gasteiger partial charge < -0.3 is 0 Å².